The number of aromatic carboxylic acids is 1. The molecule has 13 heteroatoms. The third-order valence-corrected chi connectivity index (χ3v) is 7.49. The molecule has 0 aliphatic carbocycles. The van der Waals surface area contributed by atoms with E-state index < -0.39 is 23.7 Å². The van der Waals surface area contributed by atoms with Crippen molar-refractivity contribution in [3.05, 3.63) is 59.2 Å². The first-order chi connectivity index (χ1) is 19.3. The predicted molar refractivity (Wildman–Crippen MR) is 145 cm³/mol. The molecule has 0 saturated carbocycles. The minimum Gasteiger partial charge on any atom is -0.478 e. The molecule has 2 aromatic rings. The van der Waals surface area contributed by atoms with Crippen LogP contribution < -0.4 is 16.0 Å². The van der Waals surface area contributed by atoms with Crippen molar-refractivity contribution in [2.75, 3.05) is 36.4 Å². The average Bonchev–Trinajstić information content (AvgIpc) is 2.93. The number of halogens is 3. The summed E-state index contributed by atoms with van der Waals surface area (Å²) in [6, 6.07) is 12.2. The molecule has 5 N–H and O–H groups in total. The Labute approximate surface area is 234 Å². The maximum atomic E-state index is 12.7. The van der Waals surface area contributed by atoms with Crippen LogP contribution in [0.1, 0.15) is 58.4 Å². The van der Waals surface area contributed by atoms with E-state index in [1.165, 1.54) is 6.42 Å². The smallest absolute Gasteiger partial charge is 0.478 e. The molecule has 2 saturated heterocycles. The standard InChI is InChI=1S/C26H32N4O4.C2HF3O2/c1-18-7-3-4-8-20(18)23(31)28-22-10-9-19(17-21(22)24(32)33)29-15-11-26(12-16-29,25(27)34)30-13-5-2-6-14-30;3-2(4,5)1(6)7/h3-4,7-10,17H,2,5-6,11-16H2,1H3,(H2,27,34)(H,28,31)(H,32,33);(H,6,7). The van der Waals surface area contributed by atoms with Crippen LogP contribution in [0.5, 0.6) is 0 Å². The number of carboxylic acid groups (broad SMARTS) is 2. The highest BCUT2D eigenvalue weighted by molar-refractivity contribution is 6.08. The number of hydrogen-bond donors (Lipinski definition) is 4. The molecule has 0 aromatic heterocycles. The van der Waals surface area contributed by atoms with Crippen molar-refractivity contribution < 1.29 is 42.6 Å². The monoisotopic (exact) mass is 578 g/mol. The number of likely N-dealkylation sites (tertiary alicyclic amines) is 1. The number of benzene rings is 2. The summed E-state index contributed by atoms with van der Waals surface area (Å²) >= 11 is 0. The van der Waals surface area contributed by atoms with Gasteiger partial charge in [-0.05, 0) is 75.5 Å². The van der Waals surface area contributed by atoms with Crippen LogP contribution in [-0.2, 0) is 9.59 Å². The number of aryl methyl sites for hydroxylation is 1. The summed E-state index contributed by atoms with van der Waals surface area (Å²) in [6.07, 6.45) is -0.526. The second kappa shape index (κ2) is 13.0. The van der Waals surface area contributed by atoms with Gasteiger partial charge < -0.3 is 26.2 Å². The Morgan fingerprint density at radius 2 is 1.49 bits per heavy atom. The van der Waals surface area contributed by atoms with Crippen molar-refractivity contribution in [2.24, 2.45) is 5.73 Å². The molecule has 2 aliphatic heterocycles. The fourth-order valence-electron chi connectivity index (χ4n) is 5.21. The Balaban J connectivity index is 0.000000587. The van der Waals surface area contributed by atoms with Gasteiger partial charge in [-0.2, -0.15) is 13.2 Å². The Hall–Kier alpha value is -4.13. The Kier molecular flexibility index (Phi) is 9.97. The molecule has 0 radical (unpaired) electrons. The van der Waals surface area contributed by atoms with Crippen LogP contribution in [0.25, 0.3) is 0 Å². The third-order valence-electron chi connectivity index (χ3n) is 7.49. The summed E-state index contributed by atoms with van der Waals surface area (Å²) in [5.74, 6) is -4.49. The number of primary amides is 1. The first kappa shape index (κ1) is 31.4. The maximum absolute atomic E-state index is 12.7. The fourth-order valence-corrected chi connectivity index (χ4v) is 5.21. The second-order valence-corrected chi connectivity index (χ2v) is 10.0. The predicted octanol–water partition coefficient (Wildman–Crippen LogP) is 3.89. The number of piperidine rings is 2. The van der Waals surface area contributed by atoms with Crippen molar-refractivity contribution in [1.82, 2.24) is 4.90 Å². The van der Waals surface area contributed by atoms with Gasteiger partial charge >= 0.3 is 18.1 Å². The number of aliphatic carboxylic acids is 1. The van der Waals surface area contributed by atoms with Gasteiger partial charge in [-0.1, -0.05) is 24.6 Å². The number of rotatable bonds is 6. The van der Waals surface area contributed by atoms with Gasteiger partial charge in [-0.25, -0.2) is 9.59 Å². The maximum Gasteiger partial charge on any atom is 0.490 e. The van der Waals surface area contributed by atoms with E-state index in [1.54, 1.807) is 24.3 Å². The zero-order valence-corrected chi connectivity index (χ0v) is 22.5. The number of amides is 2. The van der Waals surface area contributed by atoms with E-state index in [4.69, 9.17) is 15.6 Å². The van der Waals surface area contributed by atoms with Crippen molar-refractivity contribution in [3.8, 4) is 0 Å². The summed E-state index contributed by atoms with van der Waals surface area (Å²) < 4.78 is 31.7. The molecule has 2 aliphatic rings. The highest BCUT2D eigenvalue weighted by atomic mass is 19.4. The molecular weight excluding hydrogens is 545 g/mol. The largest absolute Gasteiger partial charge is 0.490 e. The molecule has 0 bridgehead atoms. The zero-order chi connectivity index (χ0) is 30.4. The molecular formula is C28H33F3N4O6. The molecule has 0 unspecified atom stereocenters. The number of anilines is 2. The van der Waals surface area contributed by atoms with Crippen molar-refractivity contribution in [3.63, 3.8) is 0 Å². The van der Waals surface area contributed by atoms with Crippen molar-refractivity contribution >= 4 is 35.1 Å². The van der Waals surface area contributed by atoms with Gasteiger partial charge in [0.05, 0.1) is 11.3 Å². The number of nitrogens with zero attached hydrogens (tertiary/aromatic N) is 2. The van der Waals surface area contributed by atoms with E-state index >= 15 is 0 Å². The number of carbonyl (C=O) groups excluding carboxylic acids is 2. The summed E-state index contributed by atoms with van der Waals surface area (Å²) in [4.78, 5) is 50.5. The Morgan fingerprint density at radius 1 is 0.902 bits per heavy atom. The zero-order valence-electron chi connectivity index (χ0n) is 22.5. The summed E-state index contributed by atoms with van der Waals surface area (Å²) in [5.41, 5.74) is 7.60. The average molecular weight is 579 g/mol. The first-order valence-electron chi connectivity index (χ1n) is 13.1. The molecule has 2 amide bonds. The van der Waals surface area contributed by atoms with Gasteiger partial charge in [0.15, 0.2) is 0 Å². The van der Waals surface area contributed by atoms with Crippen LogP contribution >= 0.6 is 0 Å². The van der Waals surface area contributed by atoms with Crippen LogP contribution in [0.4, 0.5) is 24.5 Å². The lowest BCUT2D eigenvalue weighted by atomic mass is 9.83. The minimum atomic E-state index is -5.08. The molecule has 0 atom stereocenters. The number of carboxylic acids is 2. The van der Waals surface area contributed by atoms with E-state index in [-0.39, 0.29) is 23.1 Å². The molecule has 2 heterocycles. The summed E-state index contributed by atoms with van der Waals surface area (Å²) in [5, 5.41) is 19.7. The van der Waals surface area contributed by atoms with E-state index in [9.17, 15) is 32.7 Å². The van der Waals surface area contributed by atoms with Gasteiger partial charge in [0, 0.05) is 24.3 Å². The van der Waals surface area contributed by atoms with E-state index in [1.807, 2.05) is 25.1 Å². The number of nitrogens with two attached hydrogens (primary N) is 1. The normalized spacial score (nSPS) is 17.1. The van der Waals surface area contributed by atoms with Gasteiger partial charge in [-0.3, -0.25) is 14.5 Å². The van der Waals surface area contributed by atoms with E-state index in [0.717, 1.165) is 37.2 Å². The third kappa shape index (κ3) is 7.54. The number of carbonyl (C=O) groups is 4. The highest BCUT2D eigenvalue weighted by Crippen LogP contribution is 2.34. The number of alkyl halides is 3. The molecule has 41 heavy (non-hydrogen) atoms. The molecule has 2 aromatic carbocycles. The highest BCUT2D eigenvalue weighted by Gasteiger charge is 2.45. The van der Waals surface area contributed by atoms with Gasteiger partial charge in [0.2, 0.25) is 5.91 Å². The SMILES string of the molecule is Cc1ccccc1C(=O)Nc1ccc(N2CCC(C(N)=O)(N3CCCCC3)CC2)cc1C(=O)O.O=C(O)C(F)(F)F. The lowest BCUT2D eigenvalue weighted by Crippen LogP contribution is -2.63. The summed E-state index contributed by atoms with van der Waals surface area (Å²) in [7, 11) is 0. The van der Waals surface area contributed by atoms with Crippen LogP contribution in [-0.4, -0.2) is 76.8 Å². The summed E-state index contributed by atoms with van der Waals surface area (Å²) in [6.45, 7) is 4.83. The minimum absolute atomic E-state index is 0.0298. The first-order valence-corrected chi connectivity index (χ1v) is 13.1. The van der Waals surface area contributed by atoms with Crippen molar-refractivity contribution in [1.29, 1.82) is 0 Å². The van der Waals surface area contributed by atoms with Crippen molar-refractivity contribution in [2.45, 2.75) is 50.7 Å². The number of hydrogen-bond acceptors (Lipinski definition) is 6. The van der Waals surface area contributed by atoms with Crippen LogP contribution in [0.3, 0.4) is 0 Å². The second-order valence-electron chi connectivity index (χ2n) is 10.0. The topological polar surface area (TPSA) is 153 Å². The quantitative estimate of drug-likeness (QED) is 0.403. The fraction of sp³-hybridized carbons (Fsp3) is 0.429. The number of nitrogens with one attached hydrogen (secondary N) is 1. The van der Waals surface area contributed by atoms with E-state index in [0.29, 0.717) is 31.5 Å². The molecule has 0 spiro atoms. The molecule has 4 rings (SSSR count). The van der Waals surface area contributed by atoms with Crippen LogP contribution in [0.2, 0.25) is 0 Å². The molecule has 2 fully saturated rings. The lowest BCUT2D eigenvalue weighted by molar-refractivity contribution is -0.192. The Bertz CT molecular complexity index is 1290. The van der Waals surface area contributed by atoms with Gasteiger partial charge in [0.1, 0.15) is 5.54 Å². The van der Waals surface area contributed by atoms with Crippen LogP contribution in [0, 0.1) is 6.92 Å². The molecule has 10 nitrogen and oxygen atoms in total. The Morgan fingerprint density at radius 3 is 2.00 bits per heavy atom. The van der Waals surface area contributed by atoms with Gasteiger partial charge in [-0.15, -0.1) is 0 Å². The molecule has 222 valence electrons. The van der Waals surface area contributed by atoms with E-state index in [2.05, 4.69) is 15.1 Å². The van der Waals surface area contributed by atoms with Gasteiger partial charge in [0.25, 0.3) is 5.91 Å². The van der Waals surface area contributed by atoms with Crippen LogP contribution in [0.15, 0.2) is 42.5 Å². The lowest BCUT2D eigenvalue weighted by Gasteiger charge is -2.48.